The van der Waals surface area contributed by atoms with Crippen LogP contribution in [0.3, 0.4) is 0 Å². The third kappa shape index (κ3) is 5.08. The summed E-state index contributed by atoms with van der Waals surface area (Å²) in [6, 6.07) is 2.25. The zero-order chi connectivity index (χ0) is 13.7. The number of aryl methyl sites for hydroxylation is 2. The Hall–Kier alpha value is -0.580. The first-order valence-corrected chi connectivity index (χ1v) is 8.14. The normalized spacial score (nSPS) is 16.3. The summed E-state index contributed by atoms with van der Waals surface area (Å²) in [5.74, 6) is 0.0670. The number of nitrogens with two attached hydrogens (primary N) is 1. The van der Waals surface area contributed by atoms with Gasteiger partial charge in [0, 0.05) is 17.5 Å². The maximum absolute atomic E-state index is 12.1. The van der Waals surface area contributed by atoms with Gasteiger partial charge in [-0.1, -0.05) is 12.8 Å². The minimum atomic E-state index is 0. The summed E-state index contributed by atoms with van der Waals surface area (Å²) in [5.41, 5.74) is 7.09. The predicted octanol–water partition coefficient (Wildman–Crippen LogP) is 3.30. The van der Waals surface area contributed by atoms with Crippen molar-refractivity contribution in [2.75, 3.05) is 6.54 Å². The zero-order valence-electron chi connectivity index (χ0n) is 12.1. The maximum Gasteiger partial charge on any atom is 0.261 e. The van der Waals surface area contributed by atoms with Crippen molar-refractivity contribution in [3.8, 4) is 0 Å². The molecule has 1 unspecified atom stereocenters. The Morgan fingerprint density at radius 3 is 2.75 bits per heavy atom. The van der Waals surface area contributed by atoms with E-state index in [1.807, 2.05) is 6.92 Å². The Bertz CT molecular complexity index is 406. The van der Waals surface area contributed by atoms with Crippen molar-refractivity contribution in [3.63, 3.8) is 0 Å². The summed E-state index contributed by atoms with van der Waals surface area (Å²) < 4.78 is 0. The van der Waals surface area contributed by atoms with Gasteiger partial charge in [-0.3, -0.25) is 4.79 Å². The van der Waals surface area contributed by atoms with Crippen LogP contribution in [-0.4, -0.2) is 18.5 Å². The monoisotopic (exact) mass is 316 g/mol. The Labute approximate surface area is 131 Å². The highest BCUT2D eigenvalue weighted by atomic mass is 35.5. The van der Waals surface area contributed by atoms with Gasteiger partial charge < -0.3 is 11.1 Å². The Kier molecular flexibility index (Phi) is 7.56. The lowest BCUT2D eigenvalue weighted by atomic mass is 10.00. The molecular formula is C15H25ClN2OS. The van der Waals surface area contributed by atoms with E-state index < -0.39 is 0 Å². The van der Waals surface area contributed by atoms with Crippen LogP contribution in [-0.2, 0) is 12.8 Å². The largest absolute Gasteiger partial charge is 0.351 e. The third-order valence-electron chi connectivity index (χ3n) is 3.61. The molecule has 0 aromatic carbocycles. The fourth-order valence-corrected chi connectivity index (χ4v) is 3.63. The third-order valence-corrected chi connectivity index (χ3v) is 4.84. The second kappa shape index (κ2) is 8.65. The number of carbonyl (C=O) groups excluding carboxylic acids is 1. The topological polar surface area (TPSA) is 55.1 Å². The fraction of sp³-hybridized carbons (Fsp3) is 0.667. The molecule has 0 spiro atoms. The highest BCUT2D eigenvalue weighted by Crippen LogP contribution is 2.28. The molecule has 1 heterocycles. The maximum atomic E-state index is 12.1. The van der Waals surface area contributed by atoms with Crippen molar-refractivity contribution < 1.29 is 4.79 Å². The molecule has 1 atom stereocenters. The second-order valence-corrected chi connectivity index (χ2v) is 6.63. The highest BCUT2D eigenvalue weighted by Gasteiger charge is 2.15. The molecule has 3 nitrogen and oxygen atoms in total. The van der Waals surface area contributed by atoms with E-state index in [9.17, 15) is 4.79 Å². The van der Waals surface area contributed by atoms with Crippen molar-refractivity contribution in [1.82, 2.24) is 5.32 Å². The molecule has 1 aromatic heterocycles. The summed E-state index contributed by atoms with van der Waals surface area (Å²) in [6.07, 6.45) is 8.29. The van der Waals surface area contributed by atoms with Crippen molar-refractivity contribution in [1.29, 1.82) is 0 Å². The van der Waals surface area contributed by atoms with Crippen LogP contribution in [0.2, 0.25) is 0 Å². The van der Waals surface area contributed by atoms with Gasteiger partial charge in [0.05, 0.1) is 4.88 Å². The van der Waals surface area contributed by atoms with E-state index in [-0.39, 0.29) is 24.4 Å². The van der Waals surface area contributed by atoms with Crippen LogP contribution in [0.15, 0.2) is 6.07 Å². The molecule has 2 rings (SSSR count). The van der Waals surface area contributed by atoms with E-state index in [0.717, 1.165) is 24.1 Å². The molecule has 114 valence electrons. The molecule has 0 fully saturated rings. The molecule has 1 aliphatic rings. The van der Waals surface area contributed by atoms with Gasteiger partial charge in [0.1, 0.15) is 0 Å². The average Bonchev–Trinajstić information content (AvgIpc) is 2.71. The molecule has 0 bridgehead atoms. The van der Waals surface area contributed by atoms with E-state index in [1.165, 1.54) is 36.1 Å². The number of hydrogen-bond acceptors (Lipinski definition) is 3. The van der Waals surface area contributed by atoms with Gasteiger partial charge >= 0.3 is 0 Å². The van der Waals surface area contributed by atoms with Crippen molar-refractivity contribution >= 4 is 29.7 Å². The quantitative estimate of drug-likeness (QED) is 0.895. The lowest BCUT2D eigenvalue weighted by molar-refractivity contribution is 0.0957. The number of amides is 1. The molecule has 0 saturated carbocycles. The molecule has 5 heteroatoms. The molecule has 3 N–H and O–H groups in total. The number of fused-ring (bicyclic) bond motifs is 1. The van der Waals surface area contributed by atoms with Gasteiger partial charge in [0.25, 0.3) is 5.91 Å². The minimum absolute atomic E-state index is 0. The molecule has 0 aliphatic heterocycles. The molecular weight excluding hydrogens is 292 g/mol. The lowest BCUT2D eigenvalue weighted by Gasteiger charge is -2.07. The van der Waals surface area contributed by atoms with Gasteiger partial charge in [-0.2, -0.15) is 0 Å². The van der Waals surface area contributed by atoms with Crippen LogP contribution in [0.25, 0.3) is 0 Å². The molecule has 20 heavy (non-hydrogen) atoms. The average molecular weight is 317 g/mol. The van der Waals surface area contributed by atoms with Gasteiger partial charge in [-0.05, 0) is 50.7 Å². The molecule has 1 aliphatic carbocycles. The van der Waals surface area contributed by atoms with Gasteiger partial charge in [0.2, 0.25) is 0 Å². The van der Waals surface area contributed by atoms with E-state index in [2.05, 4.69) is 11.4 Å². The Balaban J connectivity index is 0.00000200. The molecule has 0 saturated heterocycles. The Morgan fingerprint density at radius 1 is 1.35 bits per heavy atom. The predicted molar refractivity (Wildman–Crippen MR) is 88.0 cm³/mol. The lowest BCUT2D eigenvalue weighted by Crippen LogP contribution is -2.28. The fourth-order valence-electron chi connectivity index (χ4n) is 2.46. The van der Waals surface area contributed by atoms with Gasteiger partial charge in [-0.25, -0.2) is 0 Å². The number of rotatable bonds is 4. The SMILES string of the molecule is CC(N)CCNC(=O)c1cc2c(s1)CCCCCC2.Cl. The number of halogens is 1. The van der Waals surface area contributed by atoms with Gasteiger partial charge in [-0.15, -0.1) is 23.7 Å². The summed E-state index contributed by atoms with van der Waals surface area (Å²) >= 11 is 1.68. The number of hydrogen-bond donors (Lipinski definition) is 2. The first kappa shape index (κ1) is 17.5. The Morgan fingerprint density at radius 2 is 2.05 bits per heavy atom. The first-order chi connectivity index (χ1) is 9.16. The standard InChI is InChI=1S/C15H24N2OS.ClH/c1-11(16)8-9-17-15(18)14-10-12-6-4-2-3-5-7-13(12)19-14;/h10-11H,2-9,16H2,1H3,(H,17,18);1H. The molecule has 1 aromatic rings. The van der Waals surface area contributed by atoms with Crippen molar-refractivity contribution in [2.24, 2.45) is 5.73 Å². The number of carbonyl (C=O) groups is 1. The first-order valence-electron chi connectivity index (χ1n) is 7.32. The summed E-state index contributed by atoms with van der Waals surface area (Å²) in [5, 5.41) is 2.96. The summed E-state index contributed by atoms with van der Waals surface area (Å²) in [4.78, 5) is 14.4. The van der Waals surface area contributed by atoms with Crippen molar-refractivity contribution in [2.45, 2.75) is 57.9 Å². The van der Waals surface area contributed by atoms with Crippen molar-refractivity contribution in [3.05, 3.63) is 21.4 Å². The van der Waals surface area contributed by atoms with Crippen LogP contribution in [0.5, 0.6) is 0 Å². The zero-order valence-corrected chi connectivity index (χ0v) is 13.7. The molecule has 0 radical (unpaired) electrons. The number of thiophene rings is 1. The van der Waals surface area contributed by atoms with Crippen LogP contribution in [0.1, 0.15) is 59.1 Å². The van der Waals surface area contributed by atoms with E-state index in [1.54, 1.807) is 11.3 Å². The minimum Gasteiger partial charge on any atom is -0.351 e. The van der Waals surface area contributed by atoms with Crippen LogP contribution < -0.4 is 11.1 Å². The second-order valence-electron chi connectivity index (χ2n) is 5.50. The van der Waals surface area contributed by atoms with E-state index >= 15 is 0 Å². The van der Waals surface area contributed by atoms with Gasteiger partial charge in [0.15, 0.2) is 0 Å². The number of nitrogens with one attached hydrogen (secondary N) is 1. The van der Waals surface area contributed by atoms with E-state index in [0.29, 0.717) is 6.54 Å². The van der Waals surface area contributed by atoms with E-state index in [4.69, 9.17) is 5.73 Å². The summed E-state index contributed by atoms with van der Waals surface area (Å²) in [7, 11) is 0. The molecule has 1 amide bonds. The van der Waals surface area contributed by atoms with Crippen LogP contribution >= 0.6 is 23.7 Å². The highest BCUT2D eigenvalue weighted by molar-refractivity contribution is 7.14. The van der Waals surface area contributed by atoms with Crippen LogP contribution in [0, 0.1) is 0 Å². The van der Waals surface area contributed by atoms with Crippen LogP contribution in [0.4, 0.5) is 0 Å². The smallest absolute Gasteiger partial charge is 0.261 e. The summed E-state index contributed by atoms with van der Waals surface area (Å²) in [6.45, 7) is 2.63.